The van der Waals surface area contributed by atoms with E-state index in [0.717, 1.165) is 17.9 Å². The third-order valence-electron chi connectivity index (χ3n) is 3.01. The Morgan fingerprint density at radius 2 is 2.29 bits per heavy atom. The Labute approximate surface area is 89.4 Å². The molecule has 0 bridgehead atoms. The first-order chi connectivity index (χ1) is 6.67. The molecule has 0 N–H and O–H groups in total. The molecule has 0 unspecified atom stereocenters. The van der Waals surface area contributed by atoms with Crippen LogP contribution in [0.2, 0.25) is 0 Å². The van der Waals surface area contributed by atoms with Crippen molar-refractivity contribution in [2.45, 2.75) is 26.3 Å². The number of hydrogen-bond acceptors (Lipinski definition) is 2. The van der Waals surface area contributed by atoms with Crippen molar-refractivity contribution in [1.82, 2.24) is 4.57 Å². The molecule has 2 rings (SSSR count). The highest BCUT2D eigenvalue weighted by Gasteiger charge is 2.41. The molecule has 1 aliphatic carbocycles. The SMILES string of the molecule is Cc1cccn(CC2(CS)CC2)c1=O. The van der Waals surface area contributed by atoms with Gasteiger partial charge in [0.1, 0.15) is 0 Å². The second-order valence-corrected chi connectivity index (χ2v) is 4.60. The van der Waals surface area contributed by atoms with Crippen LogP contribution in [-0.2, 0) is 6.54 Å². The van der Waals surface area contributed by atoms with E-state index in [9.17, 15) is 4.79 Å². The Balaban J connectivity index is 2.25. The number of aryl methyl sites for hydroxylation is 1. The van der Waals surface area contributed by atoms with Crippen molar-refractivity contribution in [3.8, 4) is 0 Å². The quantitative estimate of drug-likeness (QED) is 0.754. The molecule has 1 aliphatic rings. The largest absolute Gasteiger partial charge is 0.315 e. The number of aromatic nitrogens is 1. The van der Waals surface area contributed by atoms with E-state index >= 15 is 0 Å². The lowest BCUT2D eigenvalue weighted by atomic mass is 10.1. The van der Waals surface area contributed by atoms with E-state index in [1.807, 2.05) is 29.8 Å². The predicted octanol–water partition coefficient (Wildman–Crippen LogP) is 1.87. The number of nitrogens with zero attached hydrogens (tertiary/aromatic N) is 1. The summed E-state index contributed by atoms with van der Waals surface area (Å²) in [6.45, 7) is 2.69. The topological polar surface area (TPSA) is 22.0 Å². The second kappa shape index (κ2) is 3.46. The average molecular weight is 209 g/mol. The lowest BCUT2D eigenvalue weighted by molar-refractivity contribution is 0.463. The first kappa shape index (κ1) is 9.84. The van der Waals surface area contributed by atoms with E-state index in [0.29, 0.717) is 5.41 Å². The van der Waals surface area contributed by atoms with Crippen LogP contribution in [0.4, 0.5) is 0 Å². The van der Waals surface area contributed by atoms with Gasteiger partial charge in [0.25, 0.3) is 5.56 Å². The maximum Gasteiger partial charge on any atom is 0.253 e. The van der Waals surface area contributed by atoms with Crippen LogP contribution in [-0.4, -0.2) is 10.3 Å². The highest BCUT2D eigenvalue weighted by Crippen LogP contribution is 2.47. The number of thiol groups is 1. The number of hydrogen-bond donors (Lipinski definition) is 1. The third kappa shape index (κ3) is 1.73. The molecular weight excluding hydrogens is 194 g/mol. The van der Waals surface area contributed by atoms with E-state index in [4.69, 9.17) is 0 Å². The molecule has 0 radical (unpaired) electrons. The molecule has 3 heteroatoms. The smallest absolute Gasteiger partial charge is 0.253 e. The Morgan fingerprint density at radius 1 is 1.57 bits per heavy atom. The van der Waals surface area contributed by atoms with Gasteiger partial charge in [0.05, 0.1) is 0 Å². The van der Waals surface area contributed by atoms with Crippen molar-refractivity contribution >= 4 is 12.6 Å². The molecule has 1 fully saturated rings. The van der Waals surface area contributed by atoms with E-state index < -0.39 is 0 Å². The van der Waals surface area contributed by atoms with Crippen LogP contribution in [0.25, 0.3) is 0 Å². The first-order valence-corrected chi connectivity index (χ1v) is 5.57. The molecule has 0 atom stereocenters. The Bertz CT molecular complexity index is 393. The average Bonchev–Trinajstić information content (AvgIpc) is 2.94. The summed E-state index contributed by atoms with van der Waals surface area (Å²) in [5.74, 6) is 0.882. The number of rotatable bonds is 3. The molecule has 0 aromatic carbocycles. The van der Waals surface area contributed by atoms with Gasteiger partial charge in [-0.1, -0.05) is 6.07 Å². The van der Waals surface area contributed by atoms with E-state index in [1.165, 1.54) is 12.8 Å². The van der Waals surface area contributed by atoms with Gasteiger partial charge in [-0.15, -0.1) is 0 Å². The zero-order valence-corrected chi connectivity index (χ0v) is 9.26. The van der Waals surface area contributed by atoms with Crippen LogP contribution in [0.1, 0.15) is 18.4 Å². The standard InChI is InChI=1S/C11H15NOS/c1-9-3-2-6-12(10(9)13)7-11(8-14)4-5-11/h2-3,6,14H,4-5,7-8H2,1H3. The lowest BCUT2D eigenvalue weighted by Gasteiger charge is -2.14. The van der Waals surface area contributed by atoms with Crippen molar-refractivity contribution in [1.29, 1.82) is 0 Å². The fourth-order valence-electron chi connectivity index (χ4n) is 1.69. The summed E-state index contributed by atoms with van der Waals surface area (Å²) in [7, 11) is 0. The van der Waals surface area contributed by atoms with Gasteiger partial charge in [-0.25, -0.2) is 0 Å². The minimum atomic E-state index is 0.139. The van der Waals surface area contributed by atoms with Gasteiger partial charge in [0.2, 0.25) is 0 Å². The molecule has 76 valence electrons. The van der Waals surface area contributed by atoms with Gasteiger partial charge in [0, 0.05) is 18.3 Å². The molecule has 1 aromatic heterocycles. The summed E-state index contributed by atoms with van der Waals surface area (Å²) in [4.78, 5) is 11.7. The zero-order valence-electron chi connectivity index (χ0n) is 8.36. The van der Waals surface area contributed by atoms with Gasteiger partial charge in [-0.2, -0.15) is 12.6 Å². The summed E-state index contributed by atoms with van der Waals surface area (Å²) >= 11 is 4.34. The van der Waals surface area contributed by atoms with Gasteiger partial charge in [-0.3, -0.25) is 4.79 Å². The maximum atomic E-state index is 11.7. The van der Waals surface area contributed by atoms with Crippen LogP contribution in [0.5, 0.6) is 0 Å². The molecule has 0 spiro atoms. The minimum absolute atomic E-state index is 0.139. The molecule has 1 heterocycles. The van der Waals surface area contributed by atoms with Crippen LogP contribution in [0.15, 0.2) is 23.1 Å². The molecule has 2 nitrogen and oxygen atoms in total. The van der Waals surface area contributed by atoms with Crippen LogP contribution in [0.3, 0.4) is 0 Å². The molecule has 0 saturated heterocycles. The summed E-state index contributed by atoms with van der Waals surface area (Å²) in [5, 5.41) is 0. The minimum Gasteiger partial charge on any atom is -0.315 e. The normalized spacial score (nSPS) is 18.1. The summed E-state index contributed by atoms with van der Waals surface area (Å²) in [6, 6.07) is 3.80. The molecular formula is C11H15NOS. The van der Waals surface area contributed by atoms with Crippen molar-refractivity contribution < 1.29 is 0 Å². The highest BCUT2D eigenvalue weighted by atomic mass is 32.1. The van der Waals surface area contributed by atoms with Gasteiger partial charge < -0.3 is 4.57 Å². The van der Waals surface area contributed by atoms with E-state index in [2.05, 4.69) is 12.6 Å². The molecule has 1 aromatic rings. The molecule has 14 heavy (non-hydrogen) atoms. The van der Waals surface area contributed by atoms with E-state index in [1.54, 1.807) is 0 Å². The fraction of sp³-hybridized carbons (Fsp3) is 0.545. The lowest BCUT2D eigenvalue weighted by Crippen LogP contribution is -2.26. The van der Waals surface area contributed by atoms with Gasteiger partial charge in [-0.05, 0) is 37.0 Å². The monoisotopic (exact) mass is 209 g/mol. The second-order valence-electron chi connectivity index (χ2n) is 4.28. The summed E-state index contributed by atoms with van der Waals surface area (Å²) < 4.78 is 1.82. The third-order valence-corrected chi connectivity index (χ3v) is 3.68. The van der Waals surface area contributed by atoms with Crippen molar-refractivity contribution in [3.05, 3.63) is 34.2 Å². The number of pyridine rings is 1. The van der Waals surface area contributed by atoms with Crippen LogP contribution in [0, 0.1) is 12.3 Å². The molecule has 0 aliphatic heterocycles. The Hall–Kier alpha value is -0.700. The Kier molecular flexibility index (Phi) is 2.43. The van der Waals surface area contributed by atoms with Crippen molar-refractivity contribution in [2.24, 2.45) is 5.41 Å². The zero-order chi connectivity index (χ0) is 10.2. The van der Waals surface area contributed by atoms with Gasteiger partial charge >= 0.3 is 0 Å². The first-order valence-electron chi connectivity index (χ1n) is 4.94. The molecule has 1 saturated carbocycles. The molecule has 0 amide bonds. The van der Waals surface area contributed by atoms with Crippen molar-refractivity contribution in [3.63, 3.8) is 0 Å². The van der Waals surface area contributed by atoms with Crippen LogP contribution >= 0.6 is 12.6 Å². The Morgan fingerprint density at radius 3 is 2.86 bits per heavy atom. The fourth-order valence-corrected chi connectivity index (χ4v) is 2.10. The van der Waals surface area contributed by atoms with Crippen LogP contribution < -0.4 is 5.56 Å². The maximum absolute atomic E-state index is 11.7. The van der Waals surface area contributed by atoms with Gasteiger partial charge in [0.15, 0.2) is 0 Å². The van der Waals surface area contributed by atoms with E-state index in [-0.39, 0.29) is 5.56 Å². The summed E-state index contributed by atoms with van der Waals surface area (Å²) in [5.41, 5.74) is 1.27. The predicted molar refractivity (Wildman–Crippen MR) is 61.0 cm³/mol. The van der Waals surface area contributed by atoms with Crippen molar-refractivity contribution in [2.75, 3.05) is 5.75 Å². The highest BCUT2D eigenvalue weighted by molar-refractivity contribution is 7.80. The summed E-state index contributed by atoms with van der Waals surface area (Å²) in [6.07, 6.45) is 4.28.